The molecule has 0 aromatic rings. The largest absolute Gasteiger partial charge is 0.247 e. The van der Waals surface area contributed by atoms with Gasteiger partial charge in [-0.25, -0.2) is 9.59 Å². The van der Waals surface area contributed by atoms with Gasteiger partial charge in [0.2, 0.25) is 12.2 Å². The molecule has 88 valence electrons. The average molecular weight is 258 g/mol. The number of nitrogens with zero attached hydrogens (tertiary/aromatic N) is 2. The SMILES string of the molecule is O=C=NSCC1CCCCC1CSN=C=O. The molecule has 0 heterocycles. The summed E-state index contributed by atoms with van der Waals surface area (Å²) in [6, 6.07) is 0. The predicted molar refractivity (Wildman–Crippen MR) is 66.6 cm³/mol. The molecule has 0 N–H and O–H groups in total. The predicted octanol–water partition coefficient (Wildman–Crippen LogP) is 2.76. The fourth-order valence-electron chi connectivity index (χ4n) is 2.04. The lowest BCUT2D eigenvalue weighted by molar-refractivity contribution is 0.287. The Morgan fingerprint density at radius 3 is 1.75 bits per heavy atom. The maximum Gasteiger partial charge on any atom is 0.247 e. The summed E-state index contributed by atoms with van der Waals surface area (Å²) in [6.45, 7) is 0. The molecule has 0 aromatic carbocycles. The van der Waals surface area contributed by atoms with Crippen LogP contribution in [0.25, 0.3) is 0 Å². The number of carbonyl (C=O) groups excluding carboxylic acids is 2. The molecule has 2 unspecified atom stereocenters. The van der Waals surface area contributed by atoms with E-state index in [-0.39, 0.29) is 0 Å². The van der Waals surface area contributed by atoms with Crippen LogP contribution in [0.5, 0.6) is 0 Å². The van der Waals surface area contributed by atoms with E-state index in [9.17, 15) is 9.59 Å². The molecule has 0 amide bonds. The molecule has 1 fully saturated rings. The Bertz CT molecular complexity index is 269. The van der Waals surface area contributed by atoms with Gasteiger partial charge in [-0.3, -0.25) is 0 Å². The van der Waals surface area contributed by atoms with Gasteiger partial charge in [0.1, 0.15) is 0 Å². The minimum atomic E-state index is 0.574. The zero-order valence-electron chi connectivity index (χ0n) is 8.92. The van der Waals surface area contributed by atoms with Crippen molar-refractivity contribution in [2.24, 2.45) is 20.6 Å². The van der Waals surface area contributed by atoms with Crippen LogP contribution in [-0.4, -0.2) is 23.7 Å². The molecule has 1 rings (SSSR count). The average Bonchev–Trinajstić information content (AvgIpc) is 2.32. The van der Waals surface area contributed by atoms with Crippen molar-refractivity contribution in [3.05, 3.63) is 0 Å². The number of isocyanates is 2. The van der Waals surface area contributed by atoms with Crippen LogP contribution in [0.4, 0.5) is 0 Å². The molecule has 0 bridgehead atoms. The highest BCUT2D eigenvalue weighted by atomic mass is 32.2. The van der Waals surface area contributed by atoms with Gasteiger partial charge in [0.05, 0.1) is 0 Å². The summed E-state index contributed by atoms with van der Waals surface area (Å²) in [7, 11) is 0. The minimum Gasteiger partial charge on any atom is -0.210 e. The second-order valence-electron chi connectivity index (χ2n) is 3.76. The van der Waals surface area contributed by atoms with Crippen LogP contribution in [0.2, 0.25) is 0 Å². The highest BCUT2D eigenvalue weighted by Gasteiger charge is 2.25. The van der Waals surface area contributed by atoms with Crippen molar-refractivity contribution in [2.45, 2.75) is 25.7 Å². The lowest BCUT2D eigenvalue weighted by Crippen LogP contribution is -2.23. The molecule has 1 saturated carbocycles. The summed E-state index contributed by atoms with van der Waals surface area (Å²) in [6.07, 6.45) is 7.92. The molecule has 16 heavy (non-hydrogen) atoms. The summed E-state index contributed by atoms with van der Waals surface area (Å²) in [5, 5.41) is 0. The Labute approximate surface area is 104 Å². The highest BCUT2D eigenvalue weighted by molar-refractivity contribution is 7.98. The molecule has 1 aliphatic carbocycles. The third kappa shape index (κ3) is 4.99. The Morgan fingerprint density at radius 2 is 1.38 bits per heavy atom. The Hall–Kier alpha value is -0.540. The van der Waals surface area contributed by atoms with Crippen molar-refractivity contribution in [1.82, 2.24) is 0 Å². The molecule has 0 aromatic heterocycles. The van der Waals surface area contributed by atoms with Gasteiger partial charge in [0, 0.05) is 11.5 Å². The lowest BCUT2D eigenvalue weighted by Gasteiger charge is -2.29. The summed E-state index contributed by atoms with van der Waals surface area (Å²) < 4.78 is 7.03. The zero-order valence-corrected chi connectivity index (χ0v) is 10.6. The van der Waals surface area contributed by atoms with Crippen molar-refractivity contribution in [3.63, 3.8) is 0 Å². The molecule has 0 aliphatic heterocycles. The monoisotopic (exact) mass is 258 g/mol. The molecule has 2 atom stereocenters. The normalized spacial score (nSPS) is 24.2. The Kier molecular flexibility index (Phi) is 7.26. The third-order valence-electron chi connectivity index (χ3n) is 2.85. The van der Waals surface area contributed by atoms with E-state index in [4.69, 9.17) is 0 Å². The maximum atomic E-state index is 9.96. The number of hydrogen-bond donors (Lipinski definition) is 0. The fourth-order valence-corrected chi connectivity index (χ4v) is 3.56. The zero-order chi connectivity index (χ0) is 11.6. The first-order valence-electron chi connectivity index (χ1n) is 5.26. The van der Waals surface area contributed by atoms with Crippen LogP contribution in [-0.2, 0) is 9.59 Å². The van der Waals surface area contributed by atoms with Crippen LogP contribution in [0.3, 0.4) is 0 Å². The van der Waals surface area contributed by atoms with E-state index in [1.807, 2.05) is 0 Å². The second-order valence-corrected chi connectivity index (χ2v) is 5.31. The van der Waals surface area contributed by atoms with Gasteiger partial charge in [0.15, 0.2) is 0 Å². The van der Waals surface area contributed by atoms with E-state index >= 15 is 0 Å². The van der Waals surface area contributed by atoms with Gasteiger partial charge in [-0.1, -0.05) is 12.8 Å². The van der Waals surface area contributed by atoms with E-state index < -0.39 is 0 Å². The second kappa shape index (κ2) is 8.59. The van der Waals surface area contributed by atoms with E-state index in [2.05, 4.69) is 8.80 Å². The van der Waals surface area contributed by atoms with Gasteiger partial charge < -0.3 is 0 Å². The van der Waals surface area contributed by atoms with Crippen LogP contribution >= 0.6 is 23.9 Å². The highest BCUT2D eigenvalue weighted by Crippen LogP contribution is 2.34. The Morgan fingerprint density at radius 1 is 0.938 bits per heavy atom. The molecule has 6 heteroatoms. The van der Waals surface area contributed by atoms with Gasteiger partial charge in [0.25, 0.3) is 0 Å². The topological polar surface area (TPSA) is 58.9 Å². The van der Waals surface area contributed by atoms with Gasteiger partial charge in [-0.15, -0.1) is 8.80 Å². The summed E-state index contributed by atoms with van der Waals surface area (Å²) in [5.41, 5.74) is 0. The van der Waals surface area contributed by atoms with E-state index in [0.717, 1.165) is 11.5 Å². The molecule has 0 radical (unpaired) electrons. The first-order chi connectivity index (χ1) is 7.88. The molecule has 0 spiro atoms. The number of rotatable bonds is 6. The van der Waals surface area contributed by atoms with Gasteiger partial charge >= 0.3 is 0 Å². The van der Waals surface area contributed by atoms with Crippen LogP contribution in [0, 0.1) is 11.8 Å². The van der Waals surface area contributed by atoms with Crippen LogP contribution in [0.1, 0.15) is 25.7 Å². The van der Waals surface area contributed by atoms with Gasteiger partial charge in [-0.2, -0.15) is 0 Å². The minimum absolute atomic E-state index is 0.574. The fraction of sp³-hybridized carbons (Fsp3) is 0.800. The van der Waals surface area contributed by atoms with Gasteiger partial charge in [-0.05, 0) is 48.6 Å². The van der Waals surface area contributed by atoms with Crippen molar-refractivity contribution < 1.29 is 9.59 Å². The summed E-state index contributed by atoms with van der Waals surface area (Å²) >= 11 is 2.57. The molecule has 1 aliphatic rings. The smallest absolute Gasteiger partial charge is 0.210 e. The number of hydrogen-bond acceptors (Lipinski definition) is 6. The summed E-state index contributed by atoms with van der Waals surface area (Å²) in [4.78, 5) is 19.9. The van der Waals surface area contributed by atoms with Crippen LogP contribution < -0.4 is 0 Å². The van der Waals surface area contributed by atoms with E-state index in [1.54, 1.807) is 0 Å². The first-order valence-corrected chi connectivity index (χ1v) is 7.15. The molecule has 0 saturated heterocycles. The standard InChI is InChI=1S/C10H14N2O2S2/c13-7-11-15-5-9-3-1-2-4-10(9)6-16-12-8-14/h9-10H,1-6H2. The molecule has 4 nitrogen and oxygen atoms in total. The van der Waals surface area contributed by atoms with E-state index in [1.165, 1.54) is 61.7 Å². The molecular formula is C10H14N2O2S2. The Balaban J connectivity index is 2.36. The van der Waals surface area contributed by atoms with Crippen molar-refractivity contribution in [3.8, 4) is 0 Å². The third-order valence-corrected chi connectivity index (χ3v) is 4.41. The first kappa shape index (κ1) is 13.5. The summed E-state index contributed by atoms with van der Waals surface area (Å²) in [5.74, 6) is 2.88. The maximum absolute atomic E-state index is 9.96. The van der Waals surface area contributed by atoms with E-state index in [0.29, 0.717) is 11.8 Å². The van der Waals surface area contributed by atoms with Crippen molar-refractivity contribution in [1.29, 1.82) is 0 Å². The quantitative estimate of drug-likeness (QED) is 0.417. The van der Waals surface area contributed by atoms with Crippen LogP contribution in [0.15, 0.2) is 8.80 Å². The van der Waals surface area contributed by atoms with Crippen molar-refractivity contribution >= 4 is 36.1 Å². The van der Waals surface area contributed by atoms with Crippen molar-refractivity contribution in [2.75, 3.05) is 11.5 Å². The molecular weight excluding hydrogens is 244 g/mol. The lowest BCUT2D eigenvalue weighted by atomic mass is 9.81.